The fraction of sp³-hybridized carbons (Fsp3) is 0.222. The molecule has 2 aromatic heterocycles. The van der Waals surface area contributed by atoms with E-state index < -0.39 is 7.12 Å². The lowest BCUT2D eigenvalue weighted by Crippen LogP contribution is -2.35. The van der Waals surface area contributed by atoms with Gasteiger partial charge in [0.1, 0.15) is 0 Å². The molecule has 2 N–H and O–H groups in total. The highest BCUT2D eigenvalue weighted by Gasteiger charge is 2.50. The van der Waals surface area contributed by atoms with Gasteiger partial charge in [0.05, 0.1) is 23.7 Å². The average molecular weight is 361 g/mol. The Balaban J connectivity index is 1.36. The van der Waals surface area contributed by atoms with Gasteiger partial charge in [-0.2, -0.15) is 0 Å². The number of carbonyl (C=O) groups is 1. The van der Waals surface area contributed by atoms with Crippen molar-refractivity contribution >= 4 is 24.2 Å². The summed E-state index contributed by atoms with van der Waals surface area (Å²) >= 11 is 0. The van der Waals surface area contributed by atoms with Crippen LogP contribution in [0.15, 0.2) is 48.9 Å². The number of anilines is 1. The van der Waals surface area contributed by atoms with E-state index in [1.165, 1.54) is 4.68 Å². The van der Waals surface area contributed by atoms with E-state index in [4.69, 9.17) is 4.65 Å². The summed E-state index contributed by atoms with van der Waals surface area (Å²) in [6.07, 6.45) is 7.76. The first kappa shape index (κ1) is 16.2. The smallest absolute Gasteiger partial charge is 0.423 e. The molecule has 1 aromatic carbocycles. The van der Waals surface area contributed by atoms with Crippen molar-refractivity contribution in [2.45, 2.75) is 24.9 Å². The van der Waals surface area contributed by atoms with Crippen LogP contribution in [0.1, 0.15) is 35.3 Å². The molecule has 9 heteroatoms. The van der Waals surface area contributed by atoms with Gasteiger partial charge in [0, 0.05) is 11.9 Å². The van der Waals surface area contributed by atoms with Gasteiger partial charge in [-0.05, 0) is 54.6 Å². The molecule has 5 rings (SSSR count). The normalized spacial score (nSPS) is 16.9. The predicted molar refractivity (Wildman–Crippen MR) is 97.8 cm³/mol. The van der Waals surface area contributed by atoms with Crippen molar-refractivity contribution < 1.29 is 14.5 Å². The number of carbonyl (C=O) groups excluding carboxylic acids is 1. The van der Waals surface area contributed by atoms with Gasteiger partial charge in [0.25, 0.3) is 5.91 Å². The third-order valence-corrected chi connectivity index (χ3v) is 5.20. The van der Waals surface area contributed by atoms with Crippen LogP contribution in [-0.4, -0.2) is 38.0 Å². The molecule has 1 aliphatic heterocycles. The molecule has 134 valence electrons. The quantitative estimate of drug-likeness (QED) is 0.675. The van der Waals surface area contributed by atoms with Gasteiger partial charge < -0.3 is 15.0 Å². The molecule has 3 heterocycles. The summed E-state index contributed by atoms with van der Waals surface area (Å²) in [7, 11) is -0.955. The summed E-state index contributed by atoms with van der Waals surface area (Å²) in [6.45, 7) is 0. The van der Waals surface area contributed by atoms with Crippen LogP contribution in [0.2, 0.25) is 0 Å². The standard InChI is InChI=1S/C18H16BN5O3/c25-17(16-11-24(23-22-16)13-3-1-8-20-10-13)21-12-4-5-14-15(9-12)19(26)27-18(14)6-2-7-18/h1,3-5,8-11,26H,2,6-7H2,(H,21,25). The van der Waals surface area contributed by atoms with Crippen LogP contribution in [0, 0.1) is 0 Å². The summed E-state index contributed by atoms with van der Waals surface area (Å²) in [5.74, 6) is -0.378. The van der Waals surface area contributed by atoms with Gasteiger partial charge in [0.15, 0.2) is 5.69 Å². The molecule has 1 amide bonds. The van der Waals surface area contributed by atoms with Crippen LogP contribution >= 0.6 is 0 Å². The van der Waals surface area contributed by atoms with E-state index in [1.54, 1.807) is 30.7 Å². The predicted octanol–water partition coefficient (Wildman–Crippen LogP) is 1.01. The van der Waals surface area contributed by atoms with Crippen LogP contribution in [0.3, 0.4) is 0 Å². The molecule has 1 aliphatic carbocycles. The largest absolute Gasteiger partial charge is 0.492 e. The fourth-order valence-electron chi connectivity index (χ4n) is 3.66. The zero-order chi connectivity index (χ0) is 18.4. The van der Waals surface area contributed by atoms with Crippen LogP contribution < -0.4 is 10.8 Å². The van der Waals surface area contributed by atoms with Crippen molar-refractivity contribution in [3.8, 4) is 5.69 Å². The second-order valence-electron chi connectivity index (χ2n) is 6.83. The van der Waals surface area contributed by atoms with E-state index in [0.29, 0.717) is 16.8 Å². The molecule has 1 saturated carbocycles. The summed E-state index contributed by atoms with van der Waals surface area (Å²) in [5.41, 5.74) is 2.87. The van der Waals surface area contributed by atoms with Gasteiger partial charge in [-0.25, -0.2) is 4.68 Å². The third kappa shape index (κ3) is 2.63. The first-order valence-corrected chi connectivity index (χ1v) is 8.79. The molecule has 0 atom stereocenters. The first-order valence-electron chi connectivity index (χ1n) is 8.79. The van der Waals surface area contributed by atoms with Crippen molar-refractivity contribution in [3.63, 3.8) is 0 Å². The van der Waals surface area contributed by atoms with Crippen LogP contribution in [0.5, 0.6) is 0 Å². The molecular formula is C18H16BN5O3. The first-order chi connectivity index (χ1) is 13.1. The maximum absolute atomic E-state index is 12.5. The number of benzene rings is 1. The van der Waals surface area contributed by atoms with Crippen molar-refractivity contribution in [2.75, 3.05) is 5.32 Å². The van der Waals surface area contributed by atoms with Gasteiger partial charge in [0.2, 0.25) is 0 Å². The number of amides is 1. The van der Waals surface area contributed by atoms with Crippen LogP contribution in [0.4, 0.5) is 5.69 Å². The Hall–Kier alpha value is -3.04. The van der Waals surface area contributed by atoms with Crippen LogP contribution in [0.25, 0.3) is 5.69 Å². The number of rotatable bonds is 3. The molecule has 0 unspecified atom stereocenters. The fourth-order valence-corrected chi connectivity index (χ4v) is 3.66. The van der Waals surface area contributed by atoms with Crippen molar-refractivity contribution in [2.24, 2.45) is 0 Å². The maximum atomic E-state index is 12.5. The number of nitrogens with zero attached hydrogens (tertiary/aromatic N) is 4. The molecule has 8 nitrogen and oxygen atoms in total. The lowest BCUT2D eigenvalue weighted by Gasteiger charge is -2.39. The molecule has 3 aromatic rings. The summed E-state index contributed by atoms with van der Waals surface area (Å²) in [5, 5.41) is 20.9. The Kier molecular flexibility index (Phi) is 3.59. The number of hydrogen-bond donors (Lipinski definition) is 2. The van der Waals surface area contributed by atoms with E-state index in [1.807, 2.05) is 18.2 Å². The van der Waals surface area contributed by atoms with Crippen molar-refractivity contribution in [1.29, 1.82) is 0 Å². The minimum Gasteiger partial charge on any atom is -0.423 e. The van der Waals surface area contributed by atoms with E-state index in [-0.39, 0.29) is 17.2 Å². The molecular weight excluding hydrogens is 345 g/mol. The number of fused-ring (bicyclic) bond motifs is 2. The van der Waals surface area contributed by atoms with Crippen molar-refractivity contribution in [1.82, 2.24) is 20.0 Å². The monoisotopic (exact) mass is 361 g/mol. The molecule has 2 aliphatic rings. The number of hydrogen-bond acceptors (Lipinski definition) is 6. The van der Waals surface area contributed by atoms with Crippen LogP contribution in [-0.2, 0) is 10.3 Å². The van der Waals surface area contributed by atoms with Gasteiger partial charge in [-0.3, -0.25) is 9.78 Å². The summed E-state index contributed by atoms with van der Waals surface area (Å²) < 4.78 is 7.25. The number of nitrogens with one attached hydrogen (secondary N) is 1. The Bertz CT molecular complexity index is 1020. The summed E-state index contributed by atoms with van der Waals surface area (Å²) in [6, 6.07) is 9.11. The van der Waals surface area contributed by atoms with Gasteiger partial charge >= 0.3 is 7.12 Å². The zero-order valence-corrected chi connectivity index (χ0v) is 14.4. The Morgan fingerprint density at radius 1 is 1.33 bits per heavy atom. The Morgan fingerprint density at radius 2 is 2.22 bits per heavy atom. The highest BCUT2D eigenvalue weighted by atomic mass is 16.5. The topological polar surface area (TPSA) is 102 Å². The maximum Gasteiger partial charge on any atom is 0.492 e. The molecule has 0 saturated heterocycles. The highest BCUT2D eigenvalue weighted by molar-refractivity contribution is 6.62. The molecule has 0 bridgehead atoms. The highest BCUT2D eigenvalue weighted by Crippen LogP contribution is 2.47. The SMILES string of the molecule is O=C(Nc1ccc2c(c1)B(O)OC21CCC1)c1cn(-c2cccnc2)nn1. The minimum absolute atomic E-state index is 0.187. The second-order valence-corrected chi connectivity index (χ2v) is 6.83. The molecule has 27 heavy (non-hydrogen) atoms. The molecule has 1 spiro atoms. The van der Waals surface area contributed by atoms with E-state index in [9.17, 15) is 9.82 Å². The number of pyridine rings is 1. The van der Waals surface area contributed by atoms with Crippen molar-refractivity contribution in [3.05, 3.63) is 60.2 Å². The van der Waals surface area contributed by atoms with E-state index >= 15 is 0 Å². The summed E-state index contributed by atoms with van der Waals surface area (Å²) in [4.78, 5) is 16.5. The van der Waals surface area contributed by atoms with Gasteiger partial charge in [-0.1, -0.05) is 11.3 Å². The second kappa shape index (κ2) is 6.00. The Labute approximate surface area is 155 Å². The lowest BCUT2D eigenvalue weighted by molar-refractivity contribution is -0.0152. The molecule has 0 radical (unpaired) electrons. The van der Waals surface area contributed by atoms with E-state index in [0.717, 1.165) is 24.8 Å². The minimum atomic E-state index is -0.955. The lowest BCUT2D eigenvalue weighted by atomic mass is 9.72. The Morgan fingerprint density at radius 3 is 2.96 bits per heavy atom. The number of aromatic nitrogens is 4. The third-order valence-electron chi connectivity index (χ3n) is 5.20. The zero-order valence-electron chi connectivity index (χ0n) is 14.4. The van der Waals surface area contributed by atoms with E-state index in [2.05, 4.69) is 20.6 Å². The average Bonchev–Trinajstić information content (AvgIpc) is 3.26. The van der Waals surface area contributed by atoms with Gasteiger partial charge in [-0.15, -0.1) is 5.10 Å². The molecule has 1 fully saturated rings.